The summed E-state index contributed by atoms with van der Waals surface area (Å²) in [6.45, 7) is 2.44. The number of morpholine rings is 1. The number of aromatic nitrogens is 3. The second kappa shape index (κ2) is 11.4. The third-order valence-electron chi connectivity index (χ3n) is 5.56. The van der Waals surface area contributed by atoms with Crippen LogP contribution >= 0.6 is 34.9 Å². The van der Waals surface area contributed by atoms with Crippen LogP contribution in [0.4, 0.5) is 11.4 Å². The molecule has 4 aromatic rings. The van der Waals surface area contributed by atoms with Gasteiger partial charge in [0.1, 0.15) is 0 Å². The first kappa shape index (κ1) is 25.4. The Balaban J connectivity index is 1.27. The molecule has 1 aliphatic rings. The maximum Gasteiger partial charge on any atom is 0.283 e. The number of aliphatic imine (C=N–C) groups is 1. The zero-order chi connectivity index (χ0) is 25.8. The van der Waals surface area contributed by atoms with E-state index in [1.165, 1.54) is 40.9 Å². The number of carbonyl (C=O) groups is 1. The lowest BCUT2D eigenvalue weighted by Gasteiger charge is -2.26. The van der Waals surface area contributed by atoms with E-state index in [9.17, 15) is 14.9 Å². The molecule has 0 spiro atoms. The quantitative estimate of drug-likeness (QED) is 0.132. The van der Waals surface area contributed by atoms with Crippen molar-refractivity contribution in [2.24, 2.45) is 12.0 Å². The molecule has 0 unspecified atom stereocenters. The molecular weight excluding hydrogens is 533 g/mol. The van der Waals surface area contributed by atoms with Gasteiger partial charge in [-0.3, -0.25) is 19.9 Å². The largest absolute Gasteiger partial charge is 0.378 e. The van der Waals surface area contributed by atoms with Crippen molar-refractivity contribution in [3.63, 3.8) is 0 Å². The molecule has 1 fully saturated rings. The molecule has 0 radical (unpaired) electrons. The number of ether oxygens (including phenoxy) is 1. The van der Waals surface area contributed by atoms with Crippen molar-refractivity contribution < 1.29 is 14.5 Å². The molecule has 1 saturated heterocycles. The monoisotopic (exact) mass is 554 g/mol. The number of hydrogen-bond acceptors (Lipinski definition) is 10. The summed E-state index contributed by atoms with van der Waals surface area (Å²) >= 11 is 4.20. The zero-order valence-electron chi connectivity index (χ0n) is 19.8. The first-order chi connectivity index (χ1) is 18.0. The van der Waals surface area contributed by atoms with E-state index in [1.54, 1.807) is 30.7 Å². The molecule has 1 amide bonds. The van der Waals surface area contributed by atoms with Crippen molar-refractivity contribution in [2.45, 2.75) is 14.4 Å². The van der Waals surface area contributed by atoms with Gasteiger partial charge in [0, 0.05) is 44.8 Å². The van der Waals surface area contributed by atoms with Crippen LogP contribution in [0.2, 0.25) is 0 Å². The van der Waals surface area contributed by atoms with Gasteiger partial charge in [0.25, 0.3) is 5.69 Å². The summed E-state index contributed by atoms with van der Waals surface area (Å²) in [6.07, 6.45) is 5.06. The molecule has 0 saturated carbocycles. The van der Waals surface area contributed by atoms with Crippen LogP contribution in [0.3, 0.4) is 0 Å². The Labute approximate surface area is 224 Å². The average Bonchev–Trinajstić information content (AvgIpc) is 3.51. The SMILES string of the molecule is Cn1ccnc1Sc1ccc(C=Nc2ccc3nc(SCC(=O)N4CCOCC4)sc3c2)cc1[N+](=O)[O-]. The van der Waals surface area contributed by atoms with Crippen LogP contribution in [-0.4, -0.2) is 68.5 Å². The Morgan fingerprint density at radius 2 is 2.11 bits per heavy atom. The van der Waals surface area contributed by atoms with Crippen molar-refractivity contribution in [3.8, 4) is 0 Å². The summed E-state index contributed by atoms with van der Waals surface area (Å²) in [5.41, 5.74) is 2.18. The average molecular weight is 555 g/mol. The number of benzene rings is 2. The predicted molar refractivity (Wildman–Crippen MR) is 145 cm³/mol. The highest BCUT2D eigenvalue weighted by molar-refractivity contribution is 8.01. The van der Waals surface area contributed by atoms with E-state index in [0.717, 1.165) is 14.6 Å². The standard InChI is InChI=1S/C24H22N6O4S3/c1-28-7-6-25-23(28)36-20-5-2-16(12-19(20)30(32)33)14-26-17-3-4-18-21(13-17)37-24(27-18)35-15-22(31)29-8-10-34-11-9-29/h2-7,12-14H,8-11,15H2,1H3. The molecule has 0 N–H and O–H groups in total. The molecule has 2 aromatic heterocycles. The van der Waals surface area contributed by atoms with Gasteiger partial charge in [-0.25, -0.2) is 9.97 Å². The van der Waals surface area contributed by atoms with Crippen LogP contribution in [0.5, 0.6) is 0 Å². The molecule has 13 heteroatoms. The van der Waals surface area contributed by atoms with Gasteiger partial charge in [-0.2, -0.15) is 0 Å². The fraction of sp³-hybridized carbons (Fsp3) is 0.250. The molecule has 10 nitrogen and oxygen atoms in total. The number of nitro groups is 1. The molecule has 0 aliphatic carbocycles. The third-order valence-corrected chi connectivity index (χ3v) is 8.84. The number of carbonyl (C=O) groups excluding carboxylic acids is 1. The highest BCUT2D eigenvalue weighted by Gasteiger charge is 2.18. The van der Waals surface area contributed by atoms with E-state index in [1.807, 2.05) is 34.7 Å². The first-order valence-electron chi connectivity index (χ1n) is 11.3. The maximum absolute atomic E-state index is 12.4. The topological polar surface area (TPSA) is 116 Å². The minimum atomic E-state index is -0.394. The van der Waals surface area contributed by atoms with E-state index >= 15 is 0 Å². The molecule has 1 aliphatic heterocycles. The number of imidazole rings is 1. The van der Waals surface area contributed by atoms with Gasteiger partial charge in [-0.1, -0.05) is 17.8 Å². The normalized spacial score (nSPS) is 14.0. The lowest BCUT2D eigenvalue weighted by Crippen LogP contribution is -2.41. The fourth-order valence-electron chi connectivity index (χ4n) is 3.60. The number of amides is 1. The van der Waals surface area contributed by atoms with Gasteiger partial charge in [0.05, 0.1) is 44.7 Å². The lowest BCUT2D eigenvalue weighted by atomic mass is 10.2. The summed E-state index contributed by atoms with van der Waals surface area (Å²) < 4.78 is 8.90. The van der Waals surface area contributed by atoms with E-state index in [4.69, 9.17) is 4.74 Å². The molecule has 2 aromatic carbocycles. The minimum absolute atomic E-state index is 0.00292. The molecule has 190 valence electrons. The van der Waals surface area contributed by atoms with Crippen molar-refractivity contribution in [2.75, 3.05) is 32.1 Å². The van der Waals surface area contributed by atoms with Crippen molar-refractivity contribution >= 4 is 68.6 Å². The summed E-state index contributed by atoms with van der Waals surface area (Å²) in [7, 11) is 1.84. The fourth-order valence-corrected chi connectivity index (χ4v) is 6.50. The molecule has 0 bridgehead atoms. The maximum atomic E-state index is 12.4. The highest BCUT2D eigenvalue weighted by Crippen LogP contribution is 2.35. The Hall–Kier alpha value is -3.26. The Morgan fingerprint density at radius 1 is 1.27 bits per heavy atom. The Bertz CT molecular complexity index is 1480. The number of fused-ring (bicyclic) bond motifs is 1. The van der Waals surface area contributed by atoms with Crippen molar-refractivity contribution in [1.82, 2.24) is 19.4 Å². The number of hydrogen-bond donors (Lipinski definition) is 0. The van der Waals surface area contributed by atoms with E-state index < -0.39 is 4.92 Å². The smallest absolute Gasteiger partial charge is 0.283 e. The van der Waals surface area contributed by atoms with E-state index in [2.05, 4.69) is 15.0 Å². The Kier molecular flexibility index (Phi) is 7.84. The molecule has 3 heterocycles. The number of thioether (sulfide) groups is 1. The Morgan fingerprint density at radius 3 is 2.86 bits per heavy atom. The first-order valence-corrected chi connectivity index (χ1v) is 13.9. The number of nitro benzene ring substituents is 1. The summed E-state index contributed by atoms with van der Waals surface area (Å²) in [5, 5.41) is 12.4. The summed E-state index contributed by atoms with van der Waals surface area (Å²) in [6, 6.07) is 10.7. The molecule has 37 heavy (non-hydrogen) atoms. The van der Waals surface area contributed by atoms with Gasteiger partial charge in [0.15, 0.2) is 9.50 Å². The number of thiazole rings is 1. The van der Waals surface area contributed by atoms with Gasteiger partial charge >= 0.3 is 0 Å². The number of aryl methyl sites for hydroxylation is 1. The van der Waals surface area contributed by atoms with Crippen LogP contribution in [0.15, 0.2) is 68.2 Å². The third kappa shape index (κ3) is 6.18. The van der Waals surface area contributed by atoms with E-state index in [-0.39, 0.29) is 11.6 Å². The summed E-state index contributed by atoms with van der Waals surface area (Å²) in [5.74, 6) is 0.439. The van der Waals surface area contributed by atoms with Gasteiger partial charge < -0.3 is 14.2 Å². The number of nitrogens with zero attached hydrogens (tertiary/aromatic N) is 6. The molecule has 5 rings (SSSR count). The van der Waals surface area contributed by atoms with Gasteiger partial charge in [0.2, 0.25) is 5.91 Å². The van der Waals surface area contributed by atoms with Crippen LogP contribution < -0.4 is 0 Å². The minimum Gasteiger partial charge on any atom is -0.378 e. The molecule has 0 atom stereocenters. The second-order valence-electron chi connectivity index (χ2n) is 8.08. The highest BCUT2D eigenvalue weighted by atomic mass is 32.2. The zero-order valence-corrected chi connectivity index (χ0v) is 22.2. The molecular formula is C24H22N6O4S3. The lowest BCUT2D eigenvalue weighted by molar-refractivity contribution is -0.387. The van der Waals surface area contributed by atoms with Crippen molar-refractivity contribution in [1.29, 1.82) is 0 Å². The van der Waals surface area contributed by atoms with Crippen LogP contribution in [0, 0.1) is 10.1 Å². The van der Waals surface area contributed by atoms with Crippen LogP contribution in [0.25, 0.3) is 10.2 Å². The van der Waals surface area contributed by atoms with Crippen LogP contribution in [-0.2, 0) is 16.6 Å². The summed E-state index contributed by atoms with van der Waals surface area (Å²) in [4.78, 5) is 39.4. The number of rotatable bonds is 8. The van der Waals surface area contributed by atoms with Gasteiger partial charge in [-0.15, -0.1) is 11.3 Å². The predicted octanol–water partition coefficient (Wildman–Crippen LogP) is 4.79. The van der Waals surface area contributed by atoms with Gasteiger partial charge in [-0.05, 0) is 41.6 Å². The van der Waals surface area contributed by atoms with E-state index in [0.29, 0.717) is 53.4 Å². The second-order valence-corrected chi connectivity index (χ2v) is 11.3. The van der Waals surface area contributed by atoms with Crippen molar-refractivity contribution in [3.05, 3.63) is 64.5 Å². The van der Waals surface area contributed by atoms with Crippen LogP contribution in [0.1, 0.15) is 5.56 Å².